The van der Waals surface area contributed by atoms with Crippen LogP contribution >= 0.6 is 38.9 Å². The molecule has 13 heavy (non-hydrogen) atoms. The minimum Gasteiger partial charge on any atom is -0.264 e. The lowest BCUT2D eigenvalue weighted by Crippen LogP contribution is -1.72. The maximum absolute atomic E-state index is 5.92. The Morgan fingerprint density at radius 2 is 2.31 bits per heavy atom. The van der Waals surface area contributed by atoms with E-state index >= 15 is 0 Å². The van der Waals surface area contributed by atoms with Crippen molar-refractivity contribution in [3.63, 3.8) is 0 Å². The first-order chi connectivity index (χ1) is 6.27. The van der Waals surface area contributed by atoms with Crippen LogP contribution < -0.4 is 0 Å². The van der Waals surface area contributed by atoms with Crippen molar-refractivity contribution >= 4 is 38.9 Å². The van der Waals surface area contributed by atoms with Gasteiger partial charge in [-0.15, -0.1) is 11.3 Å². The zero-order valence-electron chi connectivity index (χ0n) is 6.50. The molecule has 0 aliphatic carbocycles. The third kappa shape index (κ3) is 1.93. The van der Waals surface area contributed by atoms with Crippen LogP contribution in [0.1, 0.15) is 0 Å². The van der Waals surface area contributed by atoms with Crippen LogP contribution in [0.3, 0.4) is 0 Å². The minimum atomic E-state index is 0.754. The van der Waals surface area contributed by atoms with Crippen molar-refractivity contribution in [2.75, 3.05) is 0 Å². The molecule has 0 bridgehead atoms. The maximum Gasteiger partial charge on any atom is 0.0891 e. The van der Waals surface area contributed by atoms with E-state index in [-0.39, 0.29) is 0 Å². The van der Waals surface area contributed by atoms with Gasteiger partial charge in [-0.2, -0.15) is 0 Å². The van der Waals surface area contributed by atoms with E-state index in [1.54, 1.807) is 17.5 Å². The number of aromatic nitrogens is 1. The summed E-state index contributed by atoms with van der Waals surface area (Å²) in [5, 5.41) is 0.754. The second-order valence-corrected chi connectivity index (χ2v) is 5.25. The van der Waals surface area contributed by atoms with Gasteiger partial charge in [-0.3, -0.25) is 4.98 Å². The van der Waals surface area contributed by atoms with Gasteiger partial charge in [-0.25, -0.2) is 0 Å². The predicted octanol–water partition coefficient (Wildman–Crippen LogP) is 4.23. The minimum absolute atomic E-state index is 0.754. The first-order valence-corrected chi connectivity index (χ1v) is 5.61. The quantitative estimate of drug-likeness (QED) is 0.758. The van der Waals surface area contributed by atoms with Crippen LogP contribution in [0.2, 0.25) is 5.02 Å². The Balaban J connectivity index is 2.48. The van der Waals surface area contributed by atoms with E-state index < -0.39 is 0 Å². The van der Waals surface area contributed by atoms with Crippen LogP contribution in [0.4, 0.5) is 0 Å². The Kier molecular flexibility index (Phi) is 2.67. The van der Waals surface area contributed by atoms with Crippen molar-refractivity contribution < 1.29 is 0 Å². The molecule has 0 unspecified atom stereocenters. The van der Waals surface area contributed by atoms with Crippen LogP contribution in [0.15, 0.2) is 34.4 Å². The molecule has 2 heterocycles. The zero-order chi connectivity index (χ0) is 9.26. The highest BCUT2D eigenvalue weighted by atomic mass is 79.9. The SMILES string of the molecule is Clc1cc(-c2cccnc2)sc1Br. The van der Waals surface area contributed by atoms with Crippen molar-refractivity contribution in [1.29, 1.82) is 0 Å². The number of rotatable bonds is 1. The number of pyridine rings is 1. The molecule has 0 aromatic carbocycles. The summed E-state index contributed by atoms with van der Waals surface area (Å²) in [4.78, 5) is 5.18. The molecule has 0 aliphatic heterocycles. The molecule has 2 rings (SSSR count). The average molecular weight is 275 g/mol. The maximum atomic E-state index is 5.92. The lowest BCUT2D eigenvalue weighted by Gasteiger charge is -1.92. The van der Waals surface area contributed by atoms with Crippen LogP contribution in [-0.2, 0) is 0 Å². The van der Waals surface area contributed by atoms with Crippen LogP contribution in [0.5, 0.6) is 0 Å². The topological polar surface area (TPSA) is 12.9 Å². The van der Waals surface area contributed by atoms with Gasteiger partial charge in [0.1, 0.15) is 0 Å². The third-order valence-corrected chi connectivity index (χ3v) is 4.11. The van der Waals surface area contributed by atoms with Gasteiger partial charge in [0, 0.05) is 22.8 Å². The smallest absolute Gasteiger partial charge is 0.0891 e. The third-order valence-electron chi connectivity index (χ3n) is 1.59. The Morgan fingerprint density at radius 3 is 2.85 bits per heavy atom. The monoisotopic (exact) mass is 273 g/mol. The molecule has 4 heteroatoms. The molecule has 2 aromatic heterocycles. The van der Waals surface area contributed by atoms with Crippen LogP contribution in [0, 0.1) is 0 Å². The molecule has 0 radical (unpaired) electrons. The molecular formula is C9H5BrClNS. The van der Waals surface area contributed by atoms with E-state index in [2.05, 4.69) is 20.9 Å². The Morgan fingerprint density at radius 1 is 1.46 bits per heavy atom. The van der Waals surface area contributed by atoms with E-state index in [1.807, 2.05) is 24.4 Å². The Bertz CT molecular complexity index is 393. The van der Waals surface area contributed by atoms with Gasteiger partial charge < -0.3 is 0 Å². The highest BCUT2D eigenvalue weighted by molar-refractivity contribution is 9.11. The molecule has 2 aromatic rings. The summed E-state index contributed by atoms with van der Waals surface area (Å²) in [6.45, 7) is 0. The molecule has 66 valence electrons. The van der Waals surface area contributed by atoms with E-state index in [0.29, 0.717) is 0 Å². The summed E-state index contributed by atoms with van der Waals surface area (Å²) in [6, 6.07) is 5.87. The summed E-state index contributed by atoms with van der Waals surface area (Å²) < 4.78 is 0.966. The summed E-state index contributed by atoms with van der Waals surface area (Å²) >= 11 is 10.9. The van der Waals surface area contributed by atoms with E-state index in [1.165, 1.54) is 0 Å². The van der Waals surface area contributed by atoms with E-state index in [9.17, 15) is 0 Å². The average Bonchev–Trinajstić information content (AvgIpc) is 2.49. The molecule has 0 saturated carbocycles. The van der Waals surface area contributed by atoms with E-state index in [0.717, 1.165) is 19.2 Å². The predicted molar refractivity (Wildman–Crippen MR) is 60.3 cm³/mol. The summed E-state index contributed by atoms with van der Waals surface area (Å²) in [7, 11) is 0. The van der Waals surface area contributed by atoms with Crippen molar-refractivity contribution in [3.8, 4) is 10.4 Å². The number of thiophene rings is 1. The van der Waals surface area contributed by atoms with Gasteiger partial charge >= 0.3 is 0 Å². The van der Waals surface area contributed by atoms with Gasteiger partial charge in [0.15, 0.2) is 0 Å². The van der Waals surface area contributed by atoms with Crippen molar-refractivity contribution in [1.82, 2.24) is 4.98 Å². The first kappa shape index (κ1) is 9.19. The molecular weight excluding hydrogens is 270 g/mol. The number of hydrogen-bond acceptors (Lipinski definition) is 2. The normalized spacial score (nSPS) is 10.3. The van der Waals surface area contributed by atoms with Gasteiger partial charge in [0.05, 0.1) is 8.81 Å². The highest BCUT2D eigenvalue weighted by Gasteiger charge is 2.05. The van der Waals surface area contributed by atoms with Crippen LogP contribution in [0.25, 0.3) is 10.4 Å². The van der Waals surface area contributed by atoms with Gasteiger partial charge in [-0.05, 0) is 28.1 Å². The van der Waals surface area contributed by atoms with Gasteiger partial charge in [0.2, 0.25) is 0 Å². The molecule has 0 fully saturated rings. The van der Waals surface area contributed by atoms with Crippen LogP contribution in [-0.4, -0.2) is 4.98 Å². The second-order valence-electron chi connectivity index (χ2n) is 2.47. The summed E-state index contributed by atoms with van der Waals surface area (Å²) in [6.07, 6.45) is 3.59. The molecule has 0 saturated heterocycles. The lowest BCUT2D eigenvalue weighted by molar-refractivity contribution is 1.33. The van der Waals surface area contributed by atoms with Crippen molar-refractivity contribution in [2.24, 2.45) is 0 Å². The molecule has 1 nitrogen and oxygen atoms in total. The molecule has 0 atom stereocenters. The fraction of sp³-hybridized carbons (Fsp3) is 0. The molecule has 0 aliphatic rings. The number of hydrogen-bond donors (Lipinski definition) is 0. The fourth-order valence-electron chi connectivity index (χ4n) is 0.997. The van der Waals surface area contributed by atoms with Gasteiger partial charge in [-0.1, -0.05) is 17.7 Å². The number of halogens is 2. The molecule has 0 spiro atoms. The first-order valence-electron chi connectivity index (χ1n) is 3.62. The molecule has 0 amide bonds. The summed E-state index contributed by atoms with van der Waals surface area (Å²) in [5.74, 6) is 0. The largest absolute Gasteiger partial charge is 0.264 e. The standard InChI is InChI=1S/C9H5BrClNS/c10-9-7(11)4-8(13-9)6-2-1-3-12-5-6/h1-5H. The van der Waals surface area contributed by atoms with Crippen molar-refractivity contribution in [2.45, 2.75) is 0 Å². The highest BCUT2D eigenvalue weighted by Crippen LogP contribution is 2.37. The zero-order valence-corrected chi connectivity index (χ0v) is 9.66. The van der Waals surface area contributed by atoms with Crippen molar-refractivity contribution in [3.05, 3.63) is 39.4 Å². The fourth-order valence-corrected chi connectivity index (χ4v) is 2.69. The summed E-state index contributed by atoms with van der Waals surface area (Å²) in [5.41, 5.74) is 1.10. The Labute approximate surface area is 93.5 Å². The molecule has 0 N–H and O–H groups in total. The number of nitrogens with zero attached hydrogens (tertiary/aromatic N) is 1. The Hall–Kier alpha value is -0.380. The van der Waals surface area contributed by atoms with Gasteiger partial charge in [0.25, 0.3) is 0 Å². The van der Waals surface area contributed by atoms with E-state index in [4.69, 9.17) is 11.6 Å². The lowest BCUT2D eigenvalue weighted by atomic mass is 10.2. The second kappa shape index (κ2) is 3.78.